The molecule has 3 nitrogen and oxygen atoms in total. The van der Waals surface area contributed by atoms with Crippen molar-refractivity contribution in [2.75, 3.05) is 0 Å². The van der Waals surface area contributed by atoms with E-state index in [0.717, 1.165) is 17.0 Å². The summed E-state index contributed by atoms with van der Waals surface area (Å²) in [7, 11) is 0. The Morgan fingerprint density at radius 3 is 2.53 bits per heavy atom. The molecule has 0 amide bonds. The van der Waals surface area contributed by atoms with Crippen LogP contribution in [0.1, 0.15) is 22.6 Å². The lowest BCUT2D eigenvalue weighted by Gasteiger charge is -2.08. The molecular weight excluding hydrogens is 210 g/mol. The summed E-state index contributed by atoms with van der Waals surface area (Å²) in [6.45, 7) is 6.52. The number of aryl methyl sites for hydroxylation is 3. The van der Waals surface area contributed by atoms with Crippen LogP contribution in [0, 0.1) is 20.8 Å². The van der Waals surface area contributed by atoms with Crippen LogP contribution in [-0.4, -0.2) is 9.97 Å². The van der Waals surface area contributed by atoms with Gasteiger partial charge in [0, 0.05) is 11.3 Å². The van der Waals surface area contributed by atoms with Crippen LogP contribution < -0.4 is 5.73 Å². The summed E-state index contributed by atoms with van der Waals surface area (Å²) in [5.74, 6) is 0.695. The molecule has 0 saturated carbocycles. The average molecular weight is 227 g/mol. The topological polar surface area (TPSA) is 51.8 Å². The maximum Gasteiger partial charge on any atom is 0.142 e. The van der Waals surface area contributed by atoms with Gasteiger partial charge in [0.05, 0.1) is 12.2 Å². The molecule has 0 aliphatic heterocycles. The summed E-state index contributed by atoms with van der Waals surface area (Å²) in [4.78, 5) is 8.78. The number of rotatable bonds is 2. The molecule has 0 spiro atoms. The van der Waals surface area contributed by atoms with Gasteiger partial charge >= 0.3 is 0 Å². The van der Waals surface area contributed by atoms with Gasteiger partial charge in [-0.25, -0.2) is 9.97 Å². The van der Waals surface area contributed by atoms with Gasteiger partial charge in [-0.05, 0) is 38.5 Å². The van der Waals surface area contributed by atoms with E-state index >= 15 is 0 Å². The van der Waals surface area contributed by atoms with Gasteiger partial charge in [0.1, 0.15) is 5.82 Å². The first-order valence-corrected chi connectivity index (χ1v) is 5.72. The molecule has 88 valence electrons. The number of hydrogen-bond acceptors (Lipinski definition) is 3. The van der Waals surface area contributed by atoms with Crippen molar-refractivity contribution in [3.63, 3.8) is 0 Å². The van der Waals surface area contributed by atoms with E-state index in [4.69, 9.17) is 5.73 Å². The maximum absolute atomic E-state index is 5.61. The highest BCUT2D eigenvalue weighted by Gasteiger charge is 2.06. The predicted octanol–water partition coefficient (Wildman–Crippen LogP) is 2.53. The van der Waals surface area contributed by atoms with E-state index in [2.05, 4.69) is 42.0 Å². The zero-order valence-corrected chi connectivity index (χ0v) is 10.5. The molecule has 0 atom stereocenters. The lowest BCUT2D eigenvalue weighted by Crippen LogP contribution is -2.05. The highest BCUT2D eigenvalue weighted by molar-refractivity contribution is 5.64. The van der Waals surface area contributed by atoms with Crippen molar-refractivity contribution >= 4 is 0 Å². The molecule has 2 N–H and O–H groups in total. The van der Waals surface area contributed by atoms with Gasteiger partial charge in [-0.2, -0.15) is 0 Å². The van der Waals surface area contributed by atoms with Gasteiger partial charge < -0.3 is 5.73 Å². The van der Waals surface area contributed by atoms with E-state index in [1.807, 2.05) is 13.0 Å². The number of nitrogens with two attached hydrogens (primary N) is 1. The second-order valence-electron chi connectivity index (χ2n) is 4.33. The van der Waals surface area contributed by atoms with E-state index in [-0.39, 0.29) is 0 Å². The zero-order valence-electron chi connectivity index (χ0n) is 10.5. The van der Waals surface area contributed by atoms with Crippen LogP contribution in [0.5, 0.6) is 0 Å². The van der Waals surface area contributed by atoms with E-state index in [9.17, 15) is 0 Å². The monoisotopic (exact) mass is 227 g/mol. The average Bonchev–Trinajstić information content (AvgIpc) is 2.31. The van der Waals surface area contributed by atoms with Crippen molar-refractivity contribution in [3.8, 4) is 11.3 Å². The van der Waals surface area contributed by atoms with Gasteiger partial charge in [0.15, 0.2) is 0 Å². The number of hydrogen-bond donors (Lipinski definition) is 1. The van der Waals surface area contributed by atoms with Crippen molar-refractivity contribution in [1.82, 2.24) is 9.97 Å². The van der Waals surface area contributed by atoms with Crippen molar-refractivity contribution in [1.29, 1.82) is 0 Å². The third kappa shape index (κ3) is 2.50. The first kappa shape index (κ1) is 11.7. The molecule has 1 aromatic carbocycles. The maximum atomic E-state index is 5.61. The SMILES string of the molecule is Cc1ccc(C)c(-c2cc(C)nc(CN)n2)c1. The molecule has 0 bridgehead atoms. The van der Waals surface area contributed by atoms with Gasteiger partial charge in [-0.15, -0.1) is 0 Å². The highest BCUT2D eigenvalue weighted by atomic mass is 14.9. The molecule has 17 heavy (non-hydrogen) atoms. The second kappa shape index (κ2) is 4.63. The van der Waals surface area contributed by atoms with Crippen LogP contribution in [0.2, 0.25) is 0 Å². The van der Waals surface area contributed by atoms with Crippen LogP contribution in [0.3, 0.4) is 0 Å². The fourth-order valence-electron chi connectivity index (χ4n) is 1.87. The molecule has 0 fully saturated rings. The molecule has 1 heterocycles. The largest absolute Gasteiger partial charge is 0.324 e. The summed E-state index contributed by atoms with van der Waals surface area (Å²) in [6, 6.07) is 8.37. The van der Waals surface area contributed by atoms with Gasteiger partial charge in [0.25, 0.3) is 0 Å². The molecule has 2 aromatic rings. The quantitative estimate of drug-likeness (QED) is 0.857. The van der Waals surface area contributed by atoms with E-state index in [1.165, 1.54) is 11.1 Å². The van der Waals surface area contributed by atoms with Gasteiger partial charge in [-0.1, -0.05) is 17.7 Å². The van der Waals surface area contributed by atoms with Crippen molar-refractivity contribution in [2.24, 2.45) is 5.73 Å². The van der Waals surface area contributed by atoms with Gasteiger partial charge in [0.2, 0.25) is 0 Å². The second-order valence-corrected chi connectivity index (χ2v) is 4.33. The number of benzene rings is 1. The van der Waals surface area contributed by atoms with Crippen LogP contribution in [0.25, 0.3) is 11.3 Å². The van der Waals surface area contributed by atoms with Crippen molar-refractivity contribution in [3.05, 3.63) is 46.9 Å². The Hall–Kier alpha value is -1.74. The summed E-state index contributed by atoms with van der Waals surface area (Å²) in [5, 5.41) is 0. The fraction of sp³-hybridized carbons (Fsp3) is 0.286. The van der Waals surface area contributed by atoms with Crippen LogP contribution in [0.15, 0.2) is 24.3 Å². The van der Waals surface area contributed by atoms with Crippen LogP contribution in [-0.2, 0) is 6.54 Å². The Bertz CT molecular complexity index is 547. The Kier molecular flexibility index (Phi) is 3.20. The van der Waals surface area contributed by atoms with Crippen LogP contribution >= 0.6 is 0 Å². The minimum atomic E-state index is 0.375. The minimum absolute atomic E-state index is 0.375. The van der Waals surface area contributed by atoms with Crippen molar-refractivity contribution < 1.29 is 0 Å². The van der Waals surface area contributed by atoms with E-state index in [1.54, 1.807) is 0 Å². The fourth-order valence-corrected chi connectivity index (χ4v) is 1.87. The lowest BCUT2D eigenvalue weighted by molar-refractivity contribution is 0.894. The summed E-state index contributed by atoms with van der Waals surface area (Å²) in [5.41, 5.74) is 11.1. The third-order valence-corrected chi connectivity index (χ3v) is 2.75. The third-order valence-electron chi connectivity index (χ3n) is 2.75. The first-order chi connectivity index (χ1) is 8.10. The molecular formula is C14H17N3. The molecule has 1 aromatic heterocycles. The number of nitrogens with zero attached hydrogens (tertiary/aromatic N) is 2. The van der Waals surface area contributed by atoms with Gasteiger partial charge in [-0.3, -0.25) is 0 Å². The molecule has 2 rings (SSSR count). The molecule has 0 radical (unpaired) electrons. The molecule has 0 saturated heterocycles. The normalized spacial score (nSPS) is 10.6. The first-order valence-electron chi connectivity index (χ1n) is 5.72. The molecule has 3 heteroatoms. The summed E-state index contributed by atoms with van der Waals surface area (Å²) in [6.07, 6.45) is 0. The summed E-state index contributed by atoms with van der Waals surface area (Å²) >= 11 is 0. The molecule has 0 aliphatic carbocycles. The summed E-state index contributed by atoms with van der Waals surface area (Å²) < 4.78 is 0. The van der Waals surface area contributed by atoms with Crippen LogP contribution in [0.4, 0.5) is 0 Å². The standard InChI is InChI=1S/C14H17N3/c1-9-4-5-10(2)12(6-9)13-7-11(3)16-14(8-15)17-13/h4-7H,8,15H2,1-3H3. The van der Waals surface area contributed by atoms with E-state index in [0.29, 0.717) is 12.4 Å². The molecule has 0 unspecified atom stereocenters. The zero-order chi connectivity index (χ0) is 12.4. The Balaban J connectivity index is 2.59. The van der Waals surface area contributed by atoms with Crippen molar-refractivity contribution in [2.45, 2.75) is 27.3 Å². The predicted molar refractivity (Wildman–Crippen MR) is 69.6 cm³/mol. The Morgan fingerprint density at radius 1 is 1.06 bits per heavy atom. The Morgan fingerprint density at radius 2 is 1.82 bits per heavy atom. The van der Waals surface area contributed by atoms with E-state index < -0.39 is 0 Å². The minimum Gasteiger partial charge on any atom is -0.324 e. The highest BCUT2D eigenvalue weighted by Crippen LogP contribution is 2.23. The smallest absolute Gasteiger partial charge is 0.142 e. The number of aromatic nitrogens is 2. The molecule has 0 aliphatic rings. The Labute approximate surface area is 102 Å². The lowest BCUT2D eigenvalue weighted by atomic mass is 10.0.